The predicted octanol–water partition coefficient (Wildman–Crippen LogP) is 5.31. The molecule has 2 saturated carbocycles. The molecule has 1 saturated heterocycles. The van der Waals surface area contributed by atoms with Gasteiger partial charge in [-0.1, -0.05) is 45.4 Å². The highest BCUT2D eigenvalue weighted by molar-refractivity contribution is 4.94. The molecule has 0 aromatic heterocycles. The van der Waals surface area contributed by atoms with Gasteiger partial charge in [0.05, 0.1) is 6.10 Å². The molecule has 0 aromatic rings. The van der Waals surface area contributed by atoms with E-state index in [1.807, 2.05) is 7.11 Å². The Labute approximate surface area is 144 Å². The Morgan fingerprint density at radius 1 is 0.826 bits per heavy atom. The number of unbranched alkanes of at least 4 members (excludes halogenated alkanes) is 2. The number of ether oxygens (including phenoxy) is 1. The first-order valence-corrected chi connectivity index (χ1v) is 10.6. The first-order valence-electron chi connectivity index (χ1n) is 10.6. The van der Waals surface area contributed by atoms with E-state index in [0.717, 1.165) is 29.8 Å². The number of rotatable bonds is 6. The molecular weight excluding hydrogens is 282 g/mol. The summed E-state index contributed by atoms with van der Waals surface area (Å²) in [6, 6.07) is 1.62. The molecule has 3 aliphatic rings. The summed E-state index contributed by atoms with van der Waals surface area (Å²) in [6.07, 6.45) is 19.1. The van der Waals surface area contributed by atoms with Gasteiger partial charge in [-0.2, -0.15) is 0 Å². The van der Waals surface area contributed by atoms with Gasteiger partial charge in [0.25, 0.3) is 0 Å². The van der Waals surface area contributed by atoms with E-state index in [9.17, 15) is 0 Å². The Balaban J connectivity index is 1.40. The Bertz CT molecular complexity index is 337. The molecule has 4 unspecified atom stereocenters. The van der Waals surface area contributed by atoms with Crippen LogP contribution in [0.3, 0.4) is 0 Å². The zero-order valence-corrected chi connectivity index (χ0v) is 15.6. The molecule has 1 aliphatic heterocycles. The van der Waals surface area contributed by atoms with Gasteiger partial charge in [-0.05, 0) is 62.7 Å². The molecule has 0 aromatic carbocycles. The van der Waals surface area contributed by atoms with Crippen molar-refractivity contribution in [3.8, 4) is 0 Å². The topological polar surface area (TPSA) is 21.3 Å². The van der Waals surface area contributed by atoms with E-state index in [4.69, 9.17) is 4.74 Å². The lowest BCUT2D eigenvalue weighted by Gasteiger charge is -2.46. The van der Waals surface area contributed by atoms with Crippen molar-refractivity contribution in [3.63, 3.8) is 0 Å². The Hall–Kier alpha value is -0.0800. The van der Waals surface area contributed by atoms with Crippen LogP contribution in [0.25, 0.3) is 0 Å². The molecule has 3 fully saturated rings. The average Bonchev–Trinajstić information content (AvgIpc) is 2.61. The first kappa shape index (κ1) is 17.7. The molecule has 0 amide bonds. The number of methoxy groups -OCH3 is 1. The highest BCUT2D eigenvalue weighted by atomic mass is 16.5. The lowest BCUT2D eigenvalue weighted by atomic mass is 9.71. The van der Waals surface area contributed by atoms with E-state index in [0.29, 0.717) is 6.10 Å². The quantitative estimate of drug-likeness (QED) is 0.669. The normalized spacial score (nSPS) is 41.5. The lowest BCUT2D eigenvalue weighted by molar-refractivity contribution is 0.0166. The third kappa shape index (κ3) is 4.72. The van der Waals surface area contributed by atoms with E-state index in [2.05, 4.69) is 12.2 Å². The lowest BCUT2D eigenvalue weighted by Crippen LogP contribution is -2.53. The van der Waals surface area contributed by atoms with Crippen LogP contribution in [0.15, 0.2) is 0 Å². The fourth-order valence-electron chi connectivity index (χ4n) is 5.66. The SMILES string of the molecule is CCCCCC1CCC(C2CCC3CC(OC)CCC3N2)CC1. The maximum Gasteiger partial charge on any atom is 0.0575 e. The molecule has 0 bridgehead atoms. The summed E-state index contributed by atoms with van der Waals surface area (Å²) in [5.74, 6) is 2.90. The van der Waals surface area contributed by atoms with Crippen LogP contribution in [0.5, 0.6) is 0 Å². The molecule has 0 radical (unpaired) electrons. The van der Waals surface area contributed by atoms with Crippen molar-refractivity contribution in [2.45, 2.75) is 109 Å². The molecule has 3 rings (SSSR count). The maximum atomic E-state index is 5.61. The van der Waals surface area contributed by atoms with Crippen molar-refractivity contribution in [1.29, 1.82) is 0 Å². The van der Waals surface area contributed by atoms with Gasteiger partial charge in [0, 0.05) is 19.2 Å². The van der Waals surface area contributed by atoms with Gasteiger partial charge < -0.3 is 10.1 Å². The van der Waals surface area contributed by atoms with Crippen LogP contribution < -0.4 is 5.32 Å². The van der Waals surface area contributed by atoms with Crippen molar-refractivity contribution >= 4 is 0 Å². The molecule has 4 atom stereocenters. The van der Waals surface area contributed by atoms with Crippen LogP contribution in [0.4, 0.5) is 0 Å². The van der Waals surface area contributed by atoms with Crippen molar-refractivity contribution < 1.29 is 4.74 Å². The fraction of sp³-hybridized carbons (Fsp3) is 1.00. The second kappa shape index (κ2) is 8.85. The number of fused-ring (bicyclic) bond motifs is 1. The molecule has 2 aliphatic carbocycles. The summed E-state index contributed by atoms with van der Waals surface area (Å²) >= 11 is 0. The maximum absolute atomic E-state index is 5.61. The zero-order valence-electron chi connectivity index (χ0n) is 15.6. The smallest absolute Gasteiger partial charge is 0.0575 e. The third-order valence-electron chi connectivity index (χ3n) is 7.22. The minimum Gasteiger partial charge on any atom is -0.381 e. The highest BCUT2D eigenvalue weighted by Crippen LogP contribution is 2.39. The largest absolute Gasteiger partial charge is 0.381 e. The summed E-state index contributed by atoms with van der Waals surface area (Å²) in [7, 11) is 1.89. The third-order valence-corrected chi connectivity index (χ3v) is 7.22. The Morgan fingerprint density at radius 3 is 2.26 bits per heavy atom. The van der Waals surface area contributed by atoms with Crippen LogP contribution in [-0.4, -0.2) is 25.3 Å². The van der Waals surface area contributed by atoms with Crippen LogP contribution >= 0.6 is 0 Å². The Kier molecular flexibility index (Phi) is 6.83. The van der Waals surface area contributed by atoms with E-state index in [1.54, 1.807) is 0 Å². The van der Waals surface area contributed by atoms with Gasteiger partial charge in [0.2, 0.25) is 0 Å². The molecule has 134 valence electrons. The van der Waals surface area contributed by atoms with Gasteiger partial charge in [-0.3, -0.25) is 0 Å². The van der Waals surface area contributed by atoms with Gasteiger partial charge in [-0.25, -0.2) is 0 Å². The van der Waals surface area contributed by atoms with Gasteiger partial charge in [0.1, 0.15) is 0 Å². The van der Waals surface area contributed by atoms with Crippen molar-refractivity contribution in [2.75, 3.05) is 7.11 Å². The number of hydrogen-bond donors (Lipinski definition) is 1. The van der Waals surface area contributed by atoms with E-state index in [-0.39, 0.29) is 0 Å². The van der Waals surface area contributed by atoms with E-state index in [1.165, 1.54) is 83.5 Å². The summed E-state index contributed by atoms with van der Waals surface area (Å²) < 4.78 is 5.61. The van der Waals surface area contributed by atoms with Crippen molar-refractivity contribution in [1.82, 2.24) is 5.32 Å². The predicted molar refractivity (Wildman–Crippen MR) is 97.7 cm³/mol. The average molecular weight is 322 g/mol. The van der Waals surface area contributed by atoms with Crippen molar-refractivity contribution in [3.05, 3.63) is 0 Å². The molecule has 1 N–H and O–H groups in total. The highest BCUT2D eigenvalue weighted by Gasteiger charge is 2.38. The molecule has 23 heavy (non-hydrogen) atoms. The molecule has 2 heteroatoms. The monoisotopic (exact) mass is 321 g/mol. The second-order valence-electron chi connectivity index (χ2n) is 8.66. The minimum atomic E-state index is 0.535. The van der Waals surface area contributed by atoms with E-state index < -0.39 is 0 Å². The first-order chi connectivity index (χ1) is 11.3. The zero-order chi connectivity index (χ0) is 16.1. The molecule has 1 heterocycles. The second-order valence-corrected chi connectivity index (χ2v) is 8.66. The summed E-state index contributed by atoms with van der Waals surface area (Å²) in [5, 5.41) is 4.08. The number of nitrogens with one attached hydrogen (secondary N) is 1. The van der Waals surface area contributed by atoms with Gasteiger partial charge in [-0.15, -0.1) is 0 Å². The summed E-state index contributed by atoms with van der Waals surface area (Å²) in [5.41, 5.74) is 0. The van der Waals surface area contributed by atoms with Crippen LogP contribution in [-0.2, 0) is 4.74 Å². The molecule has 2 nitrogen and oxygen atoms in total. The van der Waals surface area contributed by atoms with Gasteiger partial charge >= 0.3 is 0 Å². The summed E-state index contributed by atoms with van der Waals surface area (Å²) in [4.78, 5) is 0. The number of hydrogen-bond acceptors (Lipinski definition) is 2. The van der Waals surface area contributed by atoms with Gasteiger partial charge in [0.15, 0.2) is 0 Å². The van der Waals surface area contributed by atoms with Crippen molar-refractivity contribution in [2.24, 2.45) is 17.8 Å². The molecular formula is C21H39NO. The Morgan fingerprint density at radius 2 is 1.52 bits per heavy atom. The fourth-order valence-corrected chi connectivity index (χ4v) is 5.66. The summed E-state index contributed by atoms with van der Waals surface area (Å²) in [6.45, 7) is 2.32. The van der Waals surface area contributed by atoms with Crippen LogP contribution in [0.1, 0.15) is 90.4 Å². The minimum absolute atomic E-state index is 0.535. The standard InChI is InChI=1S/C21H39NO/c1-3-4-5-6-16-7-9-17(10-8-16)20-13-11-18-15-19(23-2)12-14-21(18)22-20/h16-22H,3-15H2,1-2H3. The number of piperidine rings is 1. The van der Waals surface area contributed by atoms with Crippen LogP contribution in [0.2, 0.25) is 0 Å². The molecule has 0 spiro atoms. The van der Waals surface area contributed by atoms with Crippen LogP contribution in [0, 0.1) is 17.8 Å². The van der Waals surface area contributed by atoms with E-state index >= 15 is 0 Å².